The number of rotatable bonds is 6. The van der Waals surface area contributed by atoms with E-state index in [0.717, 1.165) is 31.5 Å². The first-order valence-electron chi connectivity index (χ1n) is 10.0. The number of carbonyl (C=O) groups is 3. The summed E-state index contributed by atoms with van der Waals surface area (Å²) in [5.74, 6) is -0.775. The van der Waals surface area contributed by atoms with E-state index in [0.29, 0.717) is 23.2 Å². The monoisotopic (exact) mass is 392 g/mol. The Morgan fingerprint density at radius 2 is 1.93 bits per heavy atom. The smallest absolute Gasteiger partial charge is 0.261 e. The summed E-state index contributed by atoms with van der Waals surface area (Å²) >= 11 is 0. The van der Waals surface area contributed by atoms with E-state index in [4.69, 9.17) is 0 Å². The second-order valence-corrected chi connectivity index (χ2v) is 7.46. The molecule has 3 amide bonds. The van der Waals surface area contributed by atoms with E-state index in [9.17, 15) is 14.4 Å². The van der Waals surface area contributed by atoms with Crippen molar-refractivity contribution in [1.82, 2.24) is 20.1 Å². The average Bonchev–Trinajstić information content (AvgIpc) is 3.36. The molecule has 2 aromatic rings. The molecule has 2 aliphatic rings. The summed E-state index contributed by atoms with van der Waals surface area (Å²) in [7, 11) is 0. The molecule has 0 aliphatic carbocycles. The molecule has 7 heteroatoms. The predicted molar refractivity (Wildman–Crippen MR) is 107 cm³/mol. The van der Waals surface area contributed by atoms with Crippen molar-refractivity contribution in [2.24, 2.45) is 0 Å². The summed E-state index contributed by atoms with van der Waals surface area (Å²) in [6.07, 6.45) is 5.05. The second kappa shape index (κ2) is 8.13. The van der Waals surface area contributed by atoms with Gasteiger partial charge in [-0.25, -0.2) is 0 Å². The first-order valence-corrected chi connectivity index (χ1v) is 10.0. The molecule has 0 bridgehead atoms. The van der Waals surface area contributed by atoms with Gasteiger partial charge in [0, 0.05) is 37.1 Å². The molecule has 1 atom stereocenters. The van der Waals surface area contributed by atoms with Crippen molar-refractivity contribution in [2.75, 3.05) is 19.6 Å². The Labute approximate surface area is 169 Å². The molecular formula is C22H24N4O3. The number of nitrogens with zero attached hydrogens (tertiary/aromatic N) is 3. The van der Waals surface area contributed by atoms with Crippen molar-refractivity contribution < 1.29 is 14.4 Å². The van der Waals surface area contributed by atoms with Crippen LogP contribution in [0.25, 0.3) is 0 Å². The van der Waals surface area contributed by atoms with Gasteiger partial charge in [0.2, 0.25) is 0 Å². The molecule has 0 saturated carbocycles. The van der Waals surface area contributed by atoms with Crippen molar-refractivity contribution in [3.63, 3.8) is 0 Å². The van der Waals surface area contributed by atoms with Crippen molar-refractivity contribution >= 4 is 17.7 Å². The van der Waals surface area contributed by atoms with Crippen molar-refractivity contribution in [3.8, 4) is 0 Å². The zero-order valence-corrected chi connectivity index (χ0v) is 16.4. The molecule has 1 N–H and O–H groups in total. The Hall–Kier alpha value is -3.06. The Balaban J connectivity index is 1.59. The first kappa shape index (κ1) is 19.3. The largest absolute Gasteiger partial charge is 0.334 e. The van der Waals surface area contributed by atoms with Gasteiger partial charge in [-0.3, -0.25) is 24.3 Å². The highest BCUT2D eigenvalue weighted by molar-refractivity contribution is 6.22. The summed E-state index contributed by atoms with van der Waals surface area (Å²) in [6.45, 7) is 4.59. The Kier molecular flexibility index (Phi) is 5.40. The normalized spacial score (nSPS) is 18.2. The van der Waals surface area contributed by atoms with Crippen LogP contribution in [0.3, 0.4) is 0 Å². The van der Waals surface area contributed by atoms with Gasteiger partial charge in [-0.05, 0) is 55.3 Å². The molecule has 1 unspecified atom stereocenters. The van der Waals surface area contributed by atoms with Crippen molar-refractivity contribution in [1.29, 1.82) is 0 Å². The maximum Gasteiger partial charge on any atom is 0.261 e. The summed E-state index contributed by atoms with van der Waals surface area (Å²) in [4.78, 5) is 45.8. The topological polar surface area (TPSA) is 82.6 Å². The van der Waals surface area contributed by atoms with E-state index < -0.39 is 0 Å². The summed E-state index contributed by atoms with van der Waals surface area (Å²) in [5, 5.41) is 3.30. The lowest BCUT2D eigenvalue weighted by atomic mass is 10.0. The van der Waals surface area contributed by atoms with Gasteiger partial charge >= 0.3 is 0 Å². The zero-order valence-electron chi connectivity index (χ0n) is 16.4. The molecule has 7 nitrogen and oxygen atoms in total. The number of pyridine rings is 1. The number of aromatic nitrogens is 1. The van der Waals surface area contributed by atoms with Gasteiger partial charge in [-0.1, -0.05) is 6.92 Å². The summed E-state index contributed by atoms with van der Waals surface area (Å²) < 4.78 is 0. The summed E-state index contributed by atoms with van der Waals surface area (Å²) in [5.41, 5.74) is 1.94. The highest BCUT2D eigenvalue weighted by Gasteiger charge is 2.36. The van der Waals surface area contributed by atoms with Gasteiger partial charge in [0.1, 0.15) is 0 Å². The lowest BCUT2D eigenvalue weighted by Gasteiger charge is -2.28. The summed E-state index contributed by atoms with van der Waals surface area (Å²) in [6, 6.07) is 8.55. The van der Waals surface area contributed by atoms with Crippen LogP contribution in [0, 0.1) is 0 Å². The van der Waals surface area contributed by atoms with Gasteiger partial charge in [0.15, 0.2) is 0 Å². The molecule has 4 rings (SSSR count). The maximum atomic E-state index is 13.2. The number of benzene rings is 1. The van der Waals surface area contributed by atoms with Crippen LogP contribution in [-0.4, -0.2) is 58.2 Å². The molecular weight excluding hydrogens is 368 g/mol. The van der Waals surface area contributed by atoms with E-state index in [-0.39, 0.29) is 30.3 Å². The molecule has 1 saturated heterocycles. The highest BCUT2D eigenvalue weighted by Crippen LogP contribution is 2.26. The SMILES string of the molecule is CCCN(C(=O)c1ccc2c(c1)C(=O)N(Cc1ccncc1)C2=O)C1CCNC1. The third kappa shape index (κ3) is 3.65. The Morgan fingerprint density at radius 3 is 2.62 bits per heavy atom. The molecule has 29 heavy (non-hydrogen) atoms. The standard InChI is InChI=1S/C22H24N4O3/c1-2-11-25(17-7-10-24-13-17)20(27)16-3-4-18-19(12-16)22(29)26(21(18)28)14-15-5-8-23-9-6-15/h3-6,8-9,12,17,24H,2,7,10-11,13-14H2,1H3. The van der Waals surface area contributed by atoms with E-state index in [1.807, 2.05) is 11.8 Å². The Bertz CT molecular complexity index is 938. The molecule has 0 radical (unpaired) electrons. The van der Waals surface area contributed by atoms with Gasteiger partial charge in [0.25, 0.3) is 17.7 Å². The van der Waals surface area contributed by atoms with Crippen LogP contribution < -0.4 is 5.32 Å². The van der Waals surface area contributed by atoms with E-state index in [1.165, 1.54) is 4.90 Å². The number of hydrogen-bond acceptors (Lipinski definition) is 5. The fraction of sp³-hybridized carbons (Fsp3) is 0.364. The minimum atomic E-state index is -0.360. The molecule has 1 fully saturated rings. The van der Waals surface area contributed by atoms with Crippen LogP contribution in [0.2, 0.25) is 0 Å². The van der Waals surface area contributed by atoms with Crippen LogP contribution in [0.15, 0.2) is 42.7 Å². The fourth-order valence-corrected chi connectivity index (χ4v) is 4.00. The minimum absolute atomic E-state index is 0.0869. The number of hydrogen-bond donors (Lipinski definition) is 1. The average molecular weight is 392 g/mol. The number of nitrogens with one attached hydrogen (secondary N) is 1. The second-order valence-electron chi connectivity index (χ2n) is 7.46. The molecule has 1 aromatic carbocycles. The van der Waals surface area contributed by atoms with E-state index in [1.54, 1.807) is 42.7 Å². The van der Waals surface area contributed by atoms with Gasteiger partial charge in [-0.2, -0.15) is 0 Å². The third-order valence-electron chi connectivity index (χ3n) is 5.51. The van der Waals surface area contributed by atoms with Crippen LogP contribution in [0.5, 0.6) is 0 Å². The Morgan fingerprint density at radius 1 is 1.17 bits per heavy atom. The third-order valence-corrected chi connectivity index (χ3v) is 5.51. The van der Waals surface area contributed by atoms with Crippen LogP contribution in [-0.2, 0) is 6.54 Å². The van der Waals surface area contributed by atoms with Gasteiger partial charge < -0.3 is 10.2 Å². The molecule has 150 valence electrons. The maximum absolute atomic E-state index is 13.2. The van der Waals surface area contributed by atoms with E-state index >= 15 is 0 Å². The van der Waals surface area contributed by atoms with Gasteiger partial charge in [-0.15, -0.1) is 0 Å². The predicted octanol–water partition coefficient (Wildman–Crippen LogP) is 2.09. The quantitative estimate of drug-likeness (QED) is 0.762. The molecule has 2 aliphatic heterocycles. The molecule has 3 heterocycles. The van der Waals surface area contributed by atoms with Gasteiger partial charge in [0.05, 0.1) is 17.7 Å². The van der Waals surface area contributed by atoms with Crippen LogP contribution >= 0.6 is 0 Å². The first-order chi connectivity index (χ1) is 14.1. The molecule has 0 spiro atoms. The number of amides is 3. The number of imide groups is 1. The van der Waals surface area contributed by atoms with Crippen LogP contribution in [0.1, 0.15) is 56.4 Å². The highest BCUT2D eigenvalue weighted by atomic mass is 16.2. The number of carbonyl (C=O) groups excluding carboxylic acids is 3. The lowest BCUT2D eigenvalue weighted by molar-refractivity contribution is 0.0641. The zero-order chi connectivity index (χ0) is 20.4. The van der Waals surface area contributed by atoms with Crippen LogP contribution in [0.4, 0.5) is 0 Å². The van der Waals surface area contributed by atoms with Crippen molar-refractivity contribution in [3.05, 3.63) is 65.0 Å². The van der Waals surface area contributed by atoms with Crippen molar-refractivity contribution in [2.45, 2.75) is 32.4 Å². The van der Waals surface area contributed by atoms with E-state index in [2.05, 4.69) is 10.3 Å². The molecule has 1 aromatic heterocycles. The lowest BCUT2D eigenvalue weighted by Crippen LogP contribution is -2.42. The fourth-order valence-electron chi connectivity index (χ4n) is 4.00. The number of fused-ring (bicyclic) bond motifs is 1. The minimum Gasteiger partial charge on any atom is -0.334 e.